The third-order valence-electron chi connectivity index (χ3n) is 6.27. The van der Waals surface area contributed by atoms with Crippen molar-refractivity contribution in [2.24, 2.45) is 0 Å². The number of aryl methyl sites for hydroxylation is 1. The standard InChI is InChI=1S/C30H24N2O6S/c1-17-28(39-29(31-17)20-8-5-4-6-9-20)26(34)24-25(19-12-14-22(15-13-19)38-18(2)33)32(30(36)27(24)35)21-10-7-11-23(16-21)37-3/h4-16,25,35H,1-3H3. The number of Topliss-reactive ketones (excluding diaryl/α,β-unsaturated/α-hetero) is 1. The second-order valence-electron chi connectivity index (χ2n) is 8.83. The summed E-state index contributed by atoms with van der Waals surface area (Å²) in [4.78, 5) is 45.2. The van der Waals surface area contributed by atoms with Crippen LogP contribution < -0.4 is 14.4 Å². The van der Waals surface area contributed by atoms with Gasteiger partial charge in [-0.3, -0.25) is 19.3 Å². The van der Waals surface area contributed by atoms with E-state index in [1.807, 2.05) is 30.3 Å². The molecule has 3 aromatic carbocycles. The fourth-order valence-corrected chi connectivity index (χ4v) is 5.52. The molecule has 1 atom stereocenters. The molecule has 0 radical (unpaired) electrons. The van der Waals surface area contributed by atoms with Gasteiger partial charge in [-0.1, -0.05) is 48.5 Å². The largest absolute Gasteiger partial charge is 0.503 e. The molecule has 0 saturated heterocycles. The Bertz CT molecular complexity index is 1610. The van der Waals surface area contributed by atoms with Crippen LogP contribution in [-0.4, -0.2) is 34.9 Å². The molecule has 196 valence electrons. The lowest BCUT2D eigenvalue weighted by Gasteiger charge is -2.27. The van der Waals surface area contributed by atoms with Crippen molar-refractivity contribution in [1.29, 1.82) is 0 Å². The highest BCUT2D eigenvalue weighted by molar-refractivity contribution is 7.17. The summed E-state index contributed by atoms with van der Waals surface area (Å²) in [6, 6.07) is 21.8. The zero-order chi connectivity index (χ0) is 27.7. The number of esters is 1. The number of benzene rings is 3. The van der Waals surface area contributed by atoms with Crippen LogP contribution in [-0.2, 0) is 9.59 Å². The van der Waals surface area contributed by atoms with Crippen molar-refractivity contribution >= 4 is 34.7 Å². The fraction of sp³-hybridized carbons (Fsp3) is 0.133. The molecule has 4 aromatic rings. The Balaban J connectivity index is 1.62. The van der Waals surface area contributed by atoms with Gasteiger partial charge in [-0.15, -0.1) is 11.3 Å². The first-order valence-electron chi connectivity index (χ1n) is 12.0. The average molecular weight is 541 g/mol. The molecule has 0 bridgehead atoms. The molecule has 9 heteroatoms. The van der Waals surface area contributed by atoms with Gasteiger partial charge in [0.15, 0.2) is 5.76 Å². The normalized spacial score (nSPS) is 15.0. The van der Waals surface area contributed by atoms with E-state index in [0.717, 1.165) is 5.56 Å². The van der Waals surface area contributed by atoms with Crippen LogP contribution in [0.3, 0.4) is 0 Å². The summed E-state index contributed by atoms with van der Waals surface area (Å²) in [5.74, 6) is -1.49. The number of hydrogen-bond donors (Lipinski definition) is 1. The molecule has 39 heavy (non-hydrogen) atoms. The van der Waals surface area contributed by atoms with Crippen molar-refractivity contribution in [2.75, 3.05) is 12.0 Å². The van der Waals surface area contributed by atoms with Crippen molar-refractivity contribution in [3.8, 4) is 22.1 Å². The van der Waals surface area contributed by atoms with E-state index in [4.69, 9.17) is 9.47 Å². The summed E-state index contributed by atoms with van der Waals surface area (Å²) in [6.45, 7) is 3.03. The fourth-order valence-electron chi connectivity index (χ4n) is 4.50. The van der Waals surface area contributed by atoms with Crippen LogP contribution in [0.4, 0.5) is 5.69 Å². The summed E-state index contributed by atoms with van der Waals surface area (Å²) in [5.41, 5.74) is 2.28. The minimum absolute atomic E-state index is 0.0607. The number of aromatic nitrogens is 1. The zero-order valence-electron chi connectivity index (χ0n) is 21.4. The maximum atomic E-state index is 14.0. The van der Waals surface area contributed by atoms with Gasteiger partial charge in [-0.05, 0) is 36.8 Å². The Morgan fingerprint density at radius 3 is 2.36 bits per heavy atom. The topological polar surface area (TPSA) is 106 Å². The van der Waals surface area contributed by atoms with E-state index in [9.17, 15) is 19.5 Å². The molecule has 0 saturated carbocycles. The molecule has 1 unspecified atom stereocenters. The van der Waals surface area contributed by atoms with E-state index in [-0.39, 0.29) is 5.57 Å². The Labute approximate surface area is 228 Å². The molecule has 0 aliphatic carbocycles. The van der Waals surface area contributed by atoms with Gasteiger partial charge in [0.1, 0.15) is 16.5 Å². The summed E-state index contributed by atoms with van der Waals surface area (Å²) >= 11 is 1.21. The Morgan fingerprint density at radius 2 is 1.69 bits per heavy atom. The van der Waals surface area contributed by atoms with E-state index in [1.54, 1.807) is 55.5 Å². The zero-order valence-corrected chi connectivity index (χ0v) is 22.2. The molecule has 1 aromatic heterocycles. The Hall–Kier alpha value is -4.76. The van der Waals surface area contributed by atoms with Crippen LogP contribution in [0.5, 0.6) is 11.5 Å². The number of nitrogens with zero attached hydrogens (tertiary/aromatic N) is 2. The maximum absolute atomic E-state index is 14.0. The first kappa shape index (κ1) is 25.9. The number of ether oxygens (including phenoxy) is 2. The van der Waals surface area contributed by atoms with Crippen LogP contribution in [0.2, 0.25) is 0 Å². The highest BCUT2D eigenvalue weighted by Crippen LogP contribution is 2.44. The number of carbonyl (C=O) groups excluding carboxylic acids is 3. The molecule has 1 N–H and O–H groups in total. The number of carbonyl (C=O) groups is 3. The second kappa shape index (κ2) is 10.5. The van der Waals surface area contributed by atoms with Crippen molar-refractivity contribution in [3.63, 3.8) is 0 Å². The van der Waals surface area contributed by atoms with Gasteiger partial charge in [0.2, 0.25) is 5.78 Å². The van der Waals surface area contributed by atoms with E-state index < -0.39 is 29.5 Å². The minimum Gasteiger partial charge on any atom is -0.503 e. The number of methoxy groups -OCH3 is 1. The summed E-state index contributed by atoms with van der Waals surface area (Å²) in [6.07, 6.45) is 0. The molecule has 0 fully saturated rings. The van der Waals surface area contributed by atoms with E-state index >= 15 is 0 Å². The van der Waals surface area contributed by atoms with Gasteiger partial charge in [-0.25, -0.2) is 4.98 Å². The first-order chi connectivity index (χ1) is 18.8. The van der Waals surface area contributed by atoms with E-state index in [1.165, 1.54) is 30.3 Å². The molecule has 8 nitrogen and oxygen atoms in total. The van der Waals surface area contributed by atoms with Gasteiger partial charge in [0, 0.05) is 24.2 Å². The molecule has 1 amide bonds. The molecular weight excluding hydrogens is 516 g/mol. The van der Waals surface area contributed by atoms with Gasteiger partial charge < -0.3 is 14.6 Å². The average Bonchev–Trinajstić information content (AvgIpc) is 3.46. The van der Waals surface area contributed by atoms with Gasteiger partial charge >= 0.3 is 5.97 Å². The number of aliphatic hydroxyl groups is 1. The molecule has 1 aliphatic rings. The van der Waals surface area contributed by atoms with Crippen LogP contribution in [0, 0.1) is 6.92 Å². The number of amides is 1. The predicted octanol–water partition coefficient (Wildman–Crippen LogP) is 5.84. The first-order valence-corrected chi connectivity index (χ1v) is 12.9. The van der Waals surface area contributed by atoms with Crippen LogP contribution in [0.1, 0.15) is 33.9 Å². The van der Waals surface area contributed by atoms with Crippen molar-refractivity contribution in [3.05, 3.63) is 106 Å². The van der Waals surface area contributed by atoms with Gasteiger partial charge in [-0.2, -0.15) is 0 Å². The number of anilines is 1. The number of thiazole rings is 1. The molecule has 1 aliphatic heterocycles. The van der Waals surface area contributed by atoms with Crippen LogP contribution >= 0.6 is 11.3 Å². The minimum atomic E-state index is -0.954. The van der Waals surface area contributed by atoms with Gasteiger partial charge in [0.25, 0.3) is 5.91 Å². The quantitative estimate of drug-likeness (QED) is 0.178. The third kappa shape index (κ3) is 4.92. The highest BCUT2D eigenvalue weighted by atomic mass is 32.1. The predicted molar refractivity (Wildman–Crippen MR) is 147 cm³/mol. The van der Waals surface area contributed by atoms with Crippen LogP contribution in [0.15, 0.2) is 90.2 Å². The monoisotopic (exact) mass is 540 g/mol. The number of aliphatic hydroxyl groups excluding tert-OH is 1. The Morgan fingerprint density at radius 1 is 0.974 bits per heavy atom. The number of ketones is 1. The lowest BCUT2D eigenvalue weighted by molar-refractivity contribution is -0.131. The summed E-state index contributed by atoms with van der Waals surface area (Å²) in [5, 5.41) is 11.8. The van der Waals surface area contributed by atoms with Crippen molar-refractivity contribution in [1.82, 2.24) is 4.98 Å². The number of rotatable bonds is 7. The SMILES string of the molecule is COc1cccc(N2C(=O)C(O)=C(C(=O)c3sc(-c4ccccc4)nc3C)C2c2ccc(OC(C)=O)cc2)c1. The second-order valence-corrected chi connectivity index (χ2v) is 9.83. The summed E-state index contributed by atoms with van der Waals surface area (Å²) in [7, 11) is 1.51. The number of hydrogen-bond acceptors (Lipinski definition) is 8. The molecular formula is C30H24N2O6S. The Kier molecular flexibility index (Phi) is 7.00. The highest BCUT2D eigenvalue weighted by Gasteiger charge is 2.45. The molecule has 0 spiro atoms. The van der Waals surface area contributed by atoms with Gasteiger partial charge in [0.05, 0.1) is 29.3 Å². The van der Waals surface area contributed by atoms with Crippen LogP contribution in [0.25, 0.3) is 10.6 Å². The summed E-state index contributed by atoms with van der Waals surface area (Å²) < 4.78 is 10.5. The van der Waals surface area contributed by atoms with Crippen molar-refractivity contribution < 1.29 is 29.0 Å². The van der Waals surface area contributed by atoms with Crippen molar-refractivity contribution in [2.45, 2.75) is 19.9 Å². The van der Waals surface area contributed by atoms with E-state index in [0.29, 0.717) is 38.3 Å². The molecule has 5 rings (SSSR count). The maximum Gasteiger partial charge on any atom is 0.308 e. The third-order valence-corrected chi connectivity index (χ3v) is 7.47. The van der Waals surface area contributed by atoms with E-state index in [2.05, 4.69) is 4.98 Å². The smallest absolute Gasteiger partial charge is 0.308 e. The lowest BCUT2D eigenvalue weighted by Crippen LogP contribution is -2.31. The lowest BCUT2D eigenvalue weighted by atomic mass is 9.94. The molecule has 2 heterocycles.